The number of benzene rings is 1. The van der Waals surface area contributed by atoms with Crippen LogP contribution >= 0.6 is 11.3 Å². The lowest BCUT2D eigenvalue weighted by Crippen LogP contribution is -2.52. The molecule has 0 saturated heterocycles. The standard InChI is InChI=1S/C55H79N7O12S/c1-17-33(6)38(29-45(66)55(12,13)61(14)15)52(71)62(16)41(32(4)5)30-44(73-35(8)63)51-58-40(31-75-51)50(70)56-37(26-34(7)53(72)74-54(9,10)11)27-36-24-25-42(64)39(28-36)57-48(69)23-21-20-22-43(65)49(59-46(67)18-2)60-47(68)19-3/h2-3,24-25,28,31-34,37-38,41,44,49,64H,17,20-23,26-27,29-30H2,1,4-16H3,(H,56,70)(H,57,69)(H,59,67)(H,60,68)/t33-,34?,37+,38-,41+,44+/m0/s1. The molecule has 0 radical (unpaired) electrons. The fourth-order valence-electron chi connectivity index (χ4n) is 7.93. The van der Waals surface area contributed by atoms with Crippen LogP contribution in [0, 0.1) is 48.4 Å². The molecule has 5 N–H and O–H groups in total. The predicted octanol–water partition coefficient (Wildman–Crippen LogP) is 5.89. The van der Waals surface area contributed by atoms with Crippen LogP contribution in [0.4, 0.5) is 5.69 Å². The number of nitrogens with one attached hydrogen (secondary N) is 4. The average Bonchev–Trinajstić information content (AvgIpc) is 3.83. The van der Waals surface area contributed by atoms with Crippen LogP contribution < -0.4 is 21.3 Å². The van der Waals surface area contributed by atoms with Gasteiger partial charge in [0, 0.05) is 63.0 Å². The van der Waals surface area contributed by atoms with Crippen LogP contribution in [0.5, 0.6) is 5.75 Å². The molecule has 75 heavy (non-hydrogen) atoms. The summed E-state index contributed by atoms with van der Waals surface area (Å²) in [5.74, 6) is -3.06. The van der Waals surface area contributed by atoms with Gasteiger partial charge in [0.05, 0.1) is 17.1 Å². The third-order valence-corrected chi connectivity index (χ3v) is 14.0. The molecule has 1 unspecified atom stereocenters. The normalized spacial score (nSPS) is 14.0. The van der Waals surface area contributed by atoms with Gasteiger partial charge in [-0.3, -0.25) is 48.1 Å². The second kappa shape index (κ2) is 29.5. The Kier molecular flexibility index (Phi) is 25.3. The van der Waals surface area contributed by atoms with Crippen molar-refractivity contribution in [1.29, 1.82) is 0 Å². The summed E-state index contributed by atoms with van der Waals surface area (Å²) in [7, 11) is 5.35. The molecule has 1 aromatic carbocycles. The molecule has 2 rings (SSSR count). The van der Waals surface area contributed by atoms with E-state index in [2.05, 4.69) is 26.3 Å². The number of hydrogen-bond acceptors (Lipinski definition) is 15. The van der Waals surface area contributed by atoms with Crippen molar-refractivity contribution in [3.8, 4) is 30.4 Å². The molecule has 0 bridgehead atoms. The fraction of sp³-hybridized carbons (Fsp3) is 0.600. The highest BCUT2D eigenvalue weighted by molar-refractivity contribution is 7.09. The number of unbranched alkanes of at least 4 members (excludes halogenated alkanes) is 1. The van der Waals surface area contributed by atoms with Crippen LogP contribution in [0.1, 0.15) is 155 Å². The maximum Gasteiger partial charge on any atom is 0.309 e. The number of thiazole rings is 1. The monoisotopic (exact) mass is 1060 g/mol. The first-order chi connectivity index (χ1) is 34.8. The Morgan fingerprint density at radius 3 is 2.00 bits per heavy atom. The number of Topliss-reactive ketones (excluding diaryl/α,β-unsaturated/α-hetero) is 2. The van der Waals surface area contributed by atoms with Crippen molar-refractivity contribution in [3.05, 3.63) is 39.8 Å². The number of phenolic OH excluding ortho intramolecular Hbond substituents is 1. The summed E-state index contributed by atoms with van der Waals surface area (Å²) in [6.45, 7) is 19.7. The van der Waals surface area contributed by atoms with Crippen LogP contribution in [0.3, 0.4) is 0 Å². The maximum atomic E-state index is 14.4. The lowest BCUT2D eigenvalue weighted by atomic mass is 9.81. The molecular weight excluding hydrogens is 983 g/mol. The number of anilines is 1. The van der Waals surface area contributed by atoms with Crippen molar-refractivity contribution in [2.45, 2.75) is 169 Å². The zero-order chi connectivity index (χ0) is 57.1. The minimum atomic E-state index is -1.45. The van der Waals surface area contributed by atoms with E-state index < -0.39 is 88.7 Å². The minimum absolute atomic E-state index is 0.0111. The number of esters is 2. The summed E-state index contributed by atoms with van der Waals surface area (Å²) in [5.41, 5.74) is -0.924. The van der Waals surface area contributed by atoms with Gasteiger partial charge < -0.3 is 40.7 Å². The summed E-state index contributed by atoms with van der Waals surface area (Å²) < 4.78 is 11.5. The van der Waals surface area contributed by atoms with Gasteiger partial charge in [-0.2, -0.15) is 0 Å². The molecule has 2 aromatic rings. The predicted molar refractivity (Wildman–Crippen MR) is 286 cm³/mol. The van der Waals surface area contributed by atoms with Crippen molar-refractivity contribution in [3.63, 3.8) is 0 Å². The number of aromatic hydroxyl groups is 1. The number of carbonyl (C=O) groups excluding carboxylic acids is 9. The molecule has 0 saturated carbocycles. The Hall–Kier alpha value is -6.64. The molecule has 0 spiro atoms. The molecule has 6 atom stereocenters. The topological polar surface area (TPSA) is 260 Å². The Morgan fingerprint density at radius 2 is 1.47 bits per heavy atom. The zero-order valence-corrected chi connectivity index (χ0v) is 47.0. The van der Waals surface area contributed by atoms with Crippen LogP contribution in [0.15, 0.2) is 23.6 Å². The Bertz CT molecular complexity index is 2420. The molecule has 1 heterocycles. The number of ketones is 2. The fourth-order valence-corrected chi connectivity index (χ4v) is 8.77. The van der Waals surface area contributed by atoms with Gasteiger partial charge in [0.25, 0.3) is 17.7 Å². The number of likely N-dealkylation sites (N-methyl/N-ethyl adjacent to an activating group) is 1. The van der Waals surface area contributed by atoms with E-state index >= 15 is 0 Å². The lowest BCUT2D eigenvalue weighted by Gasteiger charge is -2.38. The summed E-state index contributed by atoms with van der Waals surface area (Å²) in [5, 5.41) is 22.6. The van der Waals surface area contributed by atoms with E-state index in [-0.39, 0.29) is 92.0 Å². The largest absolute Gasteiger partial charge is 0.506 e. The van der Waals surface area contributed by atoms with E-state index in [1.807, 2.05) is 60.5 Å². The summed E-state index contributed by atoms with van der Waals surface area (Å²) in [4.78, 5) is 125. The van der Waals surface area contributed by atoms with E-state index in [1.54, 1.807) is 57.5 Å². The van der Waals surface area contributed by atoms with Gasteiger partial charge in [-0.25, -0.2) is 4.98 Å². The SMILES string of the molecule is C#CC(=O)NC(NC(=O)C#C)C(=O)CCCCC(=O)Nc1cc(C[C@@H](CC(C)C(=O)OC(C)(C)C)NC(=O)c2csc([C@@H](C[C@H](C(C)C)N(C)C(=O)[C@@H](CC(=O)C(C)(C)N(C)C)[C@@H](C)CC)OC(C)=O)n2)ccc1O. The molecule has 412 valence electrons. The lowest BCUT2D eigenvalue weighted by molar-refractivity contribution is -0.160. The zero-order valence-electron chi connectivity index (χ0n) is 46.1. The average molecular weight is 1060 g/mol. The first kappa shape index (κ1) is 64.5. The third kappa shape index (κ3) is 20.9. The van der Waals surface area contributed by atoms with Crippen molar-refractivity contribution in [2.24, 2.45) is 23.7 Å². The minimum Gasteiger partial charge on any atom is -0.506 e. The van der Waals surface area contributed by atoms with E-state index in [1.165, 1.54) is 24.4 Å². The van der Waals surface area contributed by atoms with Crippen LogP contribution in [-0.4, -0.2) is 123 Å². The second-order valence-corrected chi connectivity index (χ2v) is 21.9. The van der Waals surface area contributed by atoms with E-state index in [0.29, 0.717) is 17.0 Å². The van der Waals surface area contributed by atoms with Crippen molar-refractivity contribution < 1.29 is 57.7 Å². The van der Waals surface area contributed by atoms with E-state index in [9.17, 15) is 48.3 Å². The quantitative estimate of drug-likeness (QED) is 0.0209. The summed E-state index contributed by atoms with van der Waals surface area (Å²) in [6, 6.07) is 3.33. The van der Waals surface area contributed by atoms with Crippen molar-refractivity contribution in [2.75, 3.05) is 26.5 Å². The molecule has 0 aliphatic carbocycles. The number of aromatic nitrogens is 1. The number of hydrogen-bond donors (Lipinski definition) is 5. The number of rotatable bonds is 29. The highest BCUT2D eigenvalue weighted by Crippen LogP contribution is 2.33. The molecule has 0 aliphatic heterocycles. The van der Waals surface area contributed by atoms with Gasteiger partial charge in [0.2, 0.25) is 11.8 Å². The van der Waals surface area contributed by atoms with Gasteiger partial charge in [-0.15, -0.1) is 24.2 Å². The second-order valence-electron chi connectivity index (χ2n) is 21.0. The van der Waals surface area contributed by atoms with Crippen molar-refractivity contribution in [1.82, 2.24) is 30.7 Å². The number of ether oxygens (including phenoxy) is 2. The molecule has 5 amide bonds. The number of carbonyl (C=O) groups is 9. The van der Waals surface area contributed by atoms with Gasteiger partial charge in [0.1, 0.15) is 22.1 Å². The number of nitrogens with zero attached hydrogens (tertiary/aromatic N) is 3. The van der Waals surface area contributed by atoms with E-state index in [4.69, 9.17) is 22.3 Å². The van der Waals surface area contributed by atoms with Crippen LogP contribution in [0.25, 0.3) is 0 Å². The van der Waals surface area contributed by atoms with Gasteiger partial charge in [0.15, 0.2) is 23.8 Å². The van der Waals surface area contributed by atoms with Crippen LogP contribution in [-0.2, 0) is 54.3 Å². The Labute approximate surface area is 446 Å². The molecule has 1 aromatic heterocycles. The van der Waals surface area contributed by atoms with Gasteiger partial charge in [-0.05, 0) is 116 Å². The third-order valence-electron chi connectivity index (χ3n) is 13.1. The Morgan fingerprint density at radius 1 is 0.867 bits per heavy atom. The van der Waals surface area contributed by atoms with E-state index in [0.717, 1.165) is 11.3 Å². The summed E-state index contributed by atoms with van der Waals surface area (Å²) >= 11 is 1.11. The summed E-state index contributed by atoms with van der Waals surface area (Å²) in [6.07, 6.45) is 9.04. The smallest absolute Gasteiger partial charge is 0.309 e. The highest BCUT2D eigenvalue weighted by Gasteiger charge is 2.39. The number of phenols is 1. The van der Waals surface area contributed by atoms with Gasteiger partial charge in [-0.1, -0.05) is 47.1 Å². The Balaban J connectivity index is 2.38. The molecular formula is C55H79N7O12S. The van der Waals surface area contributed by atoms with Crippen molar-refractivity contribution >= 4 is 70.1 Å². The number of terminal acetylenes is 2. The molecule has 20 heteroatoms. The van der Waals surface area contributed by atoms with Crippen LogP contribution in [0.2, 0.25) is 0 Å². The highest BCUT2D eigenvalue weighted by atomic mass is 32.1. The van der Waals surface area contributed by atoms with Gasteiger partial charge >= 0.3 is 11.9 Å². The first-order valence-electron chi connectivity index (χ1n) is 25.2. The maximum absolute atomic E-state index is 14.4. The number of amides is 5. The molecule has 0 aliphatic rings. The molecule has 0 fully saturated rings. The molecule has 19 nitrogen and oxygen atoms in total. The first-order valence-corrected chi connectivity index (χ1v) is 26.1.